The second kappa shape index (κ2) is 8.60. The zero-order chi connectivity index (χ0) is 15.9. The molecule has 128 valence electrons. The number of rotatable bonds is 5. The summed E-state index contributed by atoms with van der Waals surface area (Å²) >= 11 is 0. The van der Waals surface area contributed by atoms with E-state index >= 15 is 0 Å². The Morgan fingerprint density at radius 3 is 2.70 bits per heavy atom. The van der Waals surface area contributed by atoms with Crippen molar-refractivity contribution in [1.29, 1.82) is 0 Å². The van der Waals surface area contributed by atoms with Gasteiger partial charge in [-0.2, -0.15) is 0 Å². The summed E-state index contributed by atoms with van der Waals surface area (Å²) in [7, 11) is 2.18. The molecule has 1 N–H and O–H groups in total. The predicted molar refractivity (Wildman–Crippen MR) is 95.1 cm³/mol. The summed E-state index contributed by atoms with van der Waals surface area (Å²) in [6.07, 6.45) is 10.6. The highest BCUT2D eigenvalue weighted by Gasteiger charge is 2.17. The number of likely N-dealkylation sites (tertiary alicyclic amines) is 1. The van der Waals surface area contributed by atoms with Crippen LogP contribution in [0.15, 0.2) is 6.33 Å². The van der Waals surface area contributed by atoms with E-state index in [1.807, 2.05) is 0 Å². The lowest BCUT2D eigenvalue weighted by Crippen LogP contribution is -2.30. The number of nitrogens with zero attached hydrogens (tertiary/aromatic N) is 4. The average Bonchev–Trinajstić information content (AvgIpc) is 2.96. The van der Waals surface area contributed by atoms with Gasteiger partial charge in [0.1, 0.15) is 12.1 Å². The Morgan fingerprint density at radius 1 is 1.09 bits per heavy atom. The molecule has 0 spiro atoms. The number of anilines is 1. The Morgan fingerprint density at radius 2 is 1.87 bits per heavy atom. The largest absolute Gasteiger partial charge is 0.359 e. The molecule has 2 aliphatic rings. The van der Waals surface area contributed by atoms with Crippen molar-refractivity contribution in [3.05, 3.63) is 17.6 Å². The van der Waals surface area contributed by atoms with E-state index < -0.39 is 0 Å². The first kappa shape index (κ1) is 16.7. The number of hydrogen-bond acceptors (Lipinski definition) is 5. The number of hydrogen-bond donors (Lipinski definition) is 1. The maximum Gasteiger partial charge on any atom is 0.135 e. The van der Waals surface area contributed by atoms with Crippen molar-refractivity contribution in [1.82, 2.24) is 20.2 Å². The van der Waals surface area contributed by atoms with E-state index in [2.05, 4.69) is 32.1 Å². The minimum atomic E-state index is 1.02. The zero-order valence-corrected chi connectivity index (χ0v) is 14.6. The first-order valence-electron chi connectivity index (χ1n) is 9.31. The lowest BCUT2D eigenvalue weighted by atomic mass is 10.1. The second-order valence-corrected chi connectivity index (χ2v) is 6.90. The average molecular weight is 317 g/mol. The van der Waals surface area contributed by atoms with E-state index in [9.17, 15) is 0 Å². The van der Waals surface area contributed by atoms with Gasteiger partial charge < -0.3 is 15.1 Å². The summed E-state index contributed by atoms with van der Waals surface area (Å²) < 4.78 is 0. The van der Waals surface area contributed by atoms with Gasteiger partial charge in [-0.25, -0.2) is 9.97 Å². The Bertz CT molecular complexity index is 482. The van der Waals surface area contributed by atoms with Crippen molar-refractivity contribution in [2.45, 2.75) is 44.9 Å². The van der Waals surface area contributed by atoms with Crippen LogP contribution >= 0.6 is 0 Å². The fourth-order valence-electron chi connectivity index (χ4n) is 3.78. The van der Waals surface area contributed by atoms with E-state index in [1.54, 1.807) is 6.33 Å². The molecule has 23 heavy (non-hydrogen) atoms. The van der Waals surface area contributed by atoms with Gasteiger partial charge in [-0.05, 0) is 51.9 Å². The van der Waals surface area contributed by atoms with Crippen molar-refractivity contribution < 1.29 is 0 Å². The molecular weight excluding hydrogens is 286 g/mol. The zero-order valence-electron chi connectivity index (χ0n) is 14.6. The van der Waals surface area contributed by atoms with Crippen molar-refractivity contribution in [2.24, 2.45) is 0 Å². The number of nitrogens with one attached hydrogen (secondary N) is 1. The lowest BCUT2D eigenvalue weighted by molar-refractivity contribution is 0.282. The quantitative estimate of drug-likeness (QED) is 0.898. The molecule has 0 aromatic carbocycles. The molecule has 0 radical (unpaired) electrons. The smallest absolute Gasteiger partial charge is 0.135 e. The van der Waals surface area contributed by atoms with E-state index in [0.717, 1.165) is 38.3 Å². The van der Waals surface area contributed by atoms with Gasteiger partial charge in [0.2, 0.25) is 0 Å². The Kier molecular flexibility index (Phi) is 6.22. The molecule has 5 heteroatoms. The maximum atomic E-state index is 4.59. The molecule has 1 saturated heterocycles. The monoisotopic (exact) mass is 317 g/mol. The molecule has 3 heterocycles. The fourth-order valence-corrected chi connectivity index (χ4v) is 3.78. The van der Waals surface area contributed by atoms with Gasteiger partial charge in [-0.3, -0.25) is 0 Å². The van der Waals surface area contributed by atoms with Crippen LogP contribution in [0.5, 0.6) is 0 Å². The molecule has 0 atom stereocenters. The van der Waals surface area contributed by atoms with Crippen LogP contribution in [0.25, 0.3) is 0 Å². The van der Waals surface area contributed by atoms with Gasteiger partial charge in [-0.15, -0.1) is 0 Å². The molecule has 0 saturated carbocycles. The van der Waals surface area contributed by atoms with E-state index in [4.69, 9.17) is 0 Å². The summed E-state index contributed by atoms with van der Waals surface area (Å²) in [5.41, 5.74) is 2.59. The van der Waals surface area contributed by atoms with Gasteiger partial charge in [0.25, 0.3) is 0 Å². The molecule has 1 aromatic rings. The molecule has 0 amide bonds. The molecular formula is C18H31N5. The SMILES string of the molecule is CN(CCCN1CCCCCC1)c1ncnc2c1CCNCC2. The van der Waals surface area contributed by atoms with Crippen molar-refractivity contribution in [3.8, 4) is 0 Å². The molecule has 5 nitrogen and oxygen atoms in total. The highest BCUT2D eigenvalue weighted by atomic mass is 15.2. The number of aromatic nitrogens is 2. The standard InChI is InChI=1S/C18H31N5/c1-22(11-6-14-23-12-4-2-3-5-13-23)18-16-7-9-19-10-8-17(16)20-15-21-18/h15,19H,2-14H2,1H3. The molecule has 1 aromatic heterocycles. The third-order valence-electron chi connectivity index (χ3n) is 5.13. The Balaban J connectivity index is 1.54. The Labute approximate surface area is 140 Å². The van der Waals surface area contributed by atoms with Gasteiger partial charge in [-0.1, -0.05) is 12.8 Å². The third kappa shape index (κ3) is 4.64. The number of fused-ring (bicyclic) bond motifs is 1. The maximum absolute atomic E-state index is 4.59. The van der Waals surface area contributed by atoms with Gasteiger partial charge in [0.15, 0.2) is 0 Å². The highest BCUT2D eigenvalue weighted by molar-refractivity contribution is 5.48. The minimum Gasteiger partial charge on any atom is -0.359 e. The highest BCUT2D eigenvalue weighted by Crippen LogP contribution is 2.21. The van der Waals surface area contributed by atoms with Crippen LogP contribution in [0.3, 0.4) is 0 Å². The summed E-state index contributed by atoms with van der Waals surface area (Å²) in [5.74, 6) is 1.15. The Hall–Kier alpha value is -1.20. The van der Waals surface area contributed by atoms with Crippen LogP contribution in [0, 0.1) is 0 Å². The van der Waals surface area contributed by atoms with Crippen LogP contribution in [-0.2, 0) is 12.8 Å². The van der Waals surface area contributed by atoms with Crippen LogP contribution in [0.2, 0.25) is 0 Å². The van der Waals surface area contributed by atoms with Gasteiger partial charge in [0.05, 0.1) is 5.69 Å². The molecule has 2 aliphatic heterocycles. The molecule has 0 unspecified atom stereocenters. The summed E-state index contributed by atoms with van der Waals surface area (Å²) in [5, 5.41) is 3.46. The summed E-state index contributed by atoms with van der Waals surface area (Å²) in [6, 6.07) is 0. The summed E-state index contributed by atoms with van der Waals surface area (Å²) in [6.45, 7) is 6.94. The van der Waals surface area contributed by atoms with Crippen LogP contribution in [-0.4, -0.2) is 61.2 Å². The normalized spacial score (nSPS) is 19.7. The molecule has 3 rings (SSSR count). The topological polar surface area (TPSA) is 44.3 Å². The van der Waals surface area contributed by atoms with Gasteiger partial charge in [0, 0.05) is 32.1 Å². The first-order valence-corrected chi connectivity index (χ1v) is 9.31. The van der Waals surface area contributed by atoms with E-state index in [0.29, 0.717) is 0 Å². The van der Waals surface area contributed by atoms with Gasteiger partial charge >= 0.3 is 0 Å². The molecule has 0 aliphatic carbocycles. The molecule has 1 fully saturated rings. The fraction of sp³-hybridized carbons (Fsp3) is 0.778. The van der Waals surface area contributed by atoms with E-state index in [1.165, 1.54) is 63.0 Å². The molecule has 0 bridgehead atoms. The lowest BCUT2D eigenvalue weighted by Gasteiger charge is -2.24. The van der Waals surface area contributed by atoms with Crippen molar-refractivity contribution >= 4 is 5.82 Å². The third-order valence-corrected chi connectivity index (χ3v) is 5.13. The van der Waals surface area contributed by atoms with Crippen LogP contribution < -0.4 is 10.2 Å². The van der Waals surface area contributed by atoms with Crippen LogP contribution in [0.1, 0.15) is 43.4 Å². The summed E-state index contributed by atoms with van der Waals surface area (Å²) in [4.78, 5) is 14.1. The predicted octanol–water partition coefficient (Wildman–Crippen LogP) is 1.87. The van der Waals surface area contributed by atoms with Crippen molar-refractivity contribution in [3.63, 3.8) is 0 Å². The minimum absolute atomic E-state index is 1.02. The van der Waals surface area contributed by atoms with Crippen molar-refractivity contribution in [2.75, 3.05) is 51.2 Å². The second-order valence-electron chi connectivity index (χ2n) is 6.90. The van der Waals surface area contributed by atoms with Crippen LogP contribution in [0.4, 0.5) is 5.82 Å². The first-order chi connectivity index (χ1) is 11.3. The van der Waals surface area contributed by atoms with E-state index in [-0.39, 0.29) is 0 Å².